The Balaban J connectivity index is 2.42. The maximum atomic E-state index is 12.7. The lowest BCUT2D eigenvalue weighted by atomic mass is 9.95. The van der Waals surface area contributed by atoms with E-state index >= 15 is 0 Å². The number of aliphatic carboxylic acids is 1. The van der Waals surface area contributed by atoms with Crippen molar-refractivity contribution >= 4 is 11.9 Å². The highest BCUT2D eigenvalue weighted by molar-refractivity contribution is 5.84. The van der Waals surface area contributed by atoms with Crippen LogP contribution in [0.5, 0.6) is 5.75 Å². The van der Waals surface area contributed by atoms with Crippen molar-refractivity contribution in [1.82, 2.24) is 4.90 Å². The Labute approximate surface area is 123 Å². The van der Waals surface area contributed by atoms with Gasteiger partial charge in [-0.2, -0.15) is 0 Å². The standard InChI is InChI=1S/C15H20FNO4/c1-10(11(2)15(19)20)14(18)17(3)8-9-21-13-6-4-12(16)5-7-13/h4-7,10-11H,8-9H2,1-3H3,(H,19,20). The van der Waals surface area contributed by atoms with Gasteiger partial charge < -0.3 is 14.7 Å². The molecule has 0 fully saturated rings. The second-order valence-electron chi connectivity index (χ2n) is 4.98. The number of halogens is 1. The number of likely N-dealkylation sites (N-methyl/N-ethyl adjacent to an activating group) is 1. The molecule has 1 aromatic rings. The third-order valence-corrected chi connectivity index (χ3v) is 3.41. The lowest BCUT2D eigenvalue weighted by Crippen LogP contribution is -2.38. The fourth-order valence-electron chi connectivity index (χ4n) is 1.72. The molecular weight excluding hydrogens is 277 g/mol. The number of amides is 1. The van der Waals surface area contributed by atoms with Crippen LogP contribution < -0.4 is 4.74 Å². The van der Waals surface area contributed by atoms with E-state index in [0.717, 1.165) is 0 Å². The number of rotatable bonds is 7. The summed E-state index contributed by atoms with van der Waals surface area (Å²) in [7, 11) is 1.60. The number of carboxylic acids is 1. The van der Waals surface area contributed by atoms with Crippen molar-refractivity contribution in [3.63, 3.8) is 0 Å². The first-order valence-electron chi connectivity index (χ1n) is 6.69. The number of benzene rings is 1. The van der Waals surface area contributed by atoms with Crippen molar-refractivity contribution in [2.75, 3.05) is 20.2 Å². The molecule has 0 saturated carbocycles. The van der Waals surface area contributed by atoms with Crippen LogP contribution in [0.4, 0.5) is 4.39 Å². The summed E-state index contributed by atoms with van der Waals surface area (Å²) >= 11 is 0. The molecular formula is C15H20FNO4. The molecule has 1 N–H and O–H groups in total. The summed E-state index contributed by atoms with van der Waals surface area (Å²) in [5, 5.41) is 8.90. The molecule has 0 aliphatic carbocycles. The van der Waals surface area contributed by atoms with Crippen LogP contribution in [0, 0.1) is 17.7 Å². The quantitative estimate of drug-likeness (QED) is 0.836. The molecule has 21 heavy (non-hydrogen) atoms. The Bertz CT molecular complexity index is 489. The van der Waals surface area contributed by atoms with Gasteiger partial charge in [-0.3, -0.25) is 9.59 Å². The van der Waals surface area contributed by atoms with Gasteiger partial charge in [-0.1, -0.05) is 13.8 Å². The van der Waals surface area contributed by atoms with Crippen molar-refractivity contribution in [3.05, 3.63) is 30.1 Å². The van der Waals surface area contributed by atoms with Crippen LogP contribution in [0.25, 0.3) is 0 Å². The van der Waals surface area contributed by atoms with E-state index in [1.54, 1.807) is 14.0 Å². The molecule has 0 heterocycles. The van der Waals surface area contributed by atoms with Crippen molar-refractivity contribution < 1.29 is 23.8 Å². The Morgan fingerprint density at radius 1 is 1.24 bits per heavy atom. The van der Waals surface area contributed by atoms with Gasteiger partial charge in [-0.05, 0) is 24.3 Å². The third-order valence-electron chi connectivity index (χ3n) is 3.41. The van der Waals surface area contributed by atoms with Crippen molar-refractivity contribution in [1.29, 1.82) is 0 Å². The fraction of sp³-hybridized carbons (Fsp3) is 0.467. The molecule has 0 aliphatic heterocycles. The van der Waals surface area contributed by atoms with Gasteiger partial charge in [-0.15, -0.1) is 0 Å². The van der Waals surface area contributed by atoms with E-state index in [-0.39, 0.29) is 18.3 Å². The lowest BCUT2D eigenvalue weighted by molar-refractivity contribution is -0.148. The van der Waals surface area contributed by atoms with E-state index in [1.165, 1.54) is 36.1 Å². The minimum Gasteiger partial charge on any atom is -0.492 e. The molecule has 0 aromatic heterocycles. The normalized spacial score (nSPS) is 13.3. The van der Waals surface area contributed by atoms with Crippen molar-refractivity contribution in [2.45, 2.75) is 13.8 Å². The maximum Gasteiger partial charge on any atom is 0.307 e. The number of nitrogens with zero attached hydrogens (tertiary/aromatic N) is 1. The van der Waals surface area contributed by atoms with Crippen LogP contribution >= 0.6 is 0 Å². The number of carbonyl (C=O) groups excluding carboxylic acids is 1. The molecule has 2 atom stereocenters. The van der Waals surface area contributed by atoms with Crippen molar-refractivity contribution in [2.24, 2.45) is 11.8 Å². The van der Waals surface area contributed by atoms with Crippen LogP contribution in [0.2, 0.25) is 0 Å². The number of carboxylic acid groups (broad SMARTS) is 1. The van der Waals surface area contributed by atoms with Crippen LogP contribution in [-0.4, -0.2) is 42.1 Å². The average molecular weight is 297 g/mol. The number of ether oxygens (including phenoxy) is 1. The fourth-order valence-corrected chi connectivity index (χ4v) is 1.72. The largest absolute Gasteiger partial charge is 0.492 e. The summed E-state index contributed by atoms with van der Waals surface area (Å²) in [4.78, 5) is 24.3. The zero-order valence-corrected chi connectivity index (χ0v) is 12.4. The van der Waals surface area contributed by atoms with Gasteiger partial charge >= 0.3 is 5.97 Å². The summed E-state index contributed by atoms with van der Waals surface area (Å²) in [5.74, 6) is -2.40. The highest BCUT2D eigenvalue weighted by atomic mass is 19.1. The Hall–Kier alpha value is -2.11. The van der Waals surface area contributed by atoms with E-state index in [4.69, 9.17) is 9.84 Å². The van der Waals surface area contributed by atoms with E-state index < -0.39 is 17.8 Å². The summed E-state index contributed by atoms with van der Waals surface area (Å²) < 4.78 is 18.1. The second kappa shape index (κ2) is 7.61. The predicted molar refractivity (Wildman–Crippen MR) is 75.5 cm³/mol. The van der Waals surface area contributed by atoms with Gasteiger partial charge in [0.2, 0.25) is 5.91 Å². The molecule has 5 nitrogen and oxygen atoms in total. The van der Waals surface area contributed by atoms with Crippen LogP contribution in [0.3, 0.4) is 0 Å². The minimum atomic E-state index is -0.994. The zero-order chi connectivity index (χ0) is 16.0. The predicted octanol–water partition coefficient (Wildman–Crippen LogP) is 2.02. The lowest BCUT2D eigenvalue weighted by Gasteiger charge is -2.23. The number of hydrogen-bond donors (Lipinski definition) is 1. The van der Waals surface area contributed by atoms with Crippen molar-refractivity contribution in [3.8, 4) is 5.75 Å². The Morgan fingerprint density at radius 3 is 2.33 bits per heavy atom. The molecule has 0 radical (unpaired) electrons. The maximum absolute atomic E-state index is 12.7. The smallest absolute Gasteiger partial charge is 0.307 e. The van der Waals surface area contributed by atoms with Gasteiger partial charge in [0.25, 0.3) is 0 Å². The summed E-state index contributed by atoms with van der Waals surface area (Å²) in [6, 6.07) is 5.60. The molecule has 0 bridgehead atoms. The van der Waals surface area contributed by atoms with E-state index in [9.17, 15) is 14.0 Å². The molecule has 0 spiro atoms. The number of carbonyl (C=O) groups is 2. The highest BCUT2D eigenvalue weighted by Crippen LogP contribution is 2.14. The minimum absolute atomic E-state index is 0.243. The molecule has 2 unspecified atom stereocenters. The Kier molecular flexibility index (Phi) is 6.14. The summed E-state index contributed by atoms with van der Waals surface area (Å²) in [5.41, 5.74) is 0. The third kappa shape index (κ3) is 5.06. The molecule has 1 rings (SSSR count). The van der Waals surface area contributed by atoms with E-state index in [0.29, 0.717) is 12.3 Å². The topological polar surface area (TPSA) is 66.8 Å². The van der Waals surface area contributed by atoms with Gasteiger partial charge in [0.1, 0.15) is 18.2 Å². The SMILES string of the molecule is CC(C(=O)O)C(C)C(=O)N(C)CCOc1ccc(F)cc1. The monoisotopic (exact) mass is 297 g/mol. The highest BCUT2D eigenvalue weighted by Gasteiger charge is 2.27. The van der Waals surface area contributed by atoms with E-state index in [1.807, 2.05) is 0 Å². The molecule has 1 aromatic carbocycles. The molecule has 116 valence electrons. The van der Waals surface area contributed by atoms with Gasteiger partial charge in [-0.25, -0.2) is 4.39 Å². The van der Waals surface area contributed by atoms with Gasteiger partial charge in [0.05, 0.1) is 12.5 Å². The van der Waals surface area contributed by atoms with E-state index in [2.05, 4.69) is 0 Å². The van der Waals surface area contributed by atoms with Gasteiger partial charge in [0.15, 0.2) is 0 Å². The van der Waals surface area contributed by atoms with Crippen LogP contribution in [0.15, 0.2) is 24.3 Å². The first-order valence-corrected chi connectivity index (χ1v) is 6.69. The van der Waals surface area contributed by atoms with Gasteiger partial charge in [0, 0.05) is 13.0 Å². The zero-order valence-electron chi connectivity index (χ0n) is 12.4. The molecule has 0 saturated heterocycles. The first-order chi connectivity index (χ1) is 9.82. The molecule has 0 aliphatic rings. The number of hydrogen-bond acceptors (Lipinski definition) is 3. The second-order valence-corrected chi connectivity index (χ2v) is 4.98. The molecule has 6 heteroatoms. The summed E-state index contributed by atoms with van der Waals surface area (Å²) in [6.45, 7) is 3.68. The average Bonchev–Trinajstić information content (AvgIpc) is 2.46. The molecule has 1 amide bonds. The van der Waals surface area contributed by atoms with Crippen LogP contribution in [-0.2, 0) is 9.59 Å². The van der Waals surface area contributed by atoms with Crippen LogP contribution in [0.1, 0.15) is 13.8 Å². The Morgan fingerprint density at radius 2 is 1.81 bits per heavy atom. The summed E-state index contributed by atoms with van der Waals surface area (Å²) in [6.07, 6.45) is 0. The first kappa shape index (κ1) is 16.9.